The molecule has 0 bridgehead atoms. The summed E-state index contributed by atoms with van der Waals surface area (Å²) >= 11 is 0. The molecule has 2 aromatic rings. The molecule has 1 heterocycles. The lowest BCUT2D eigenvalue weighted by molar-refractivity contribution is 0.559. The summed E-state index contributed by atoms with van der Waals surface area (Å²) in [4.78, 5) is 8.31. The average Bonchev–Trinajstić information content (AvgIpc) is 2.46. The Morgan fingerprint density at radius 2 is 1.89 bits per heavy atom. The molecule has 0 spiro atoms. The van der Waals surface area contributed by atoms with Gasteiger partial charge in [0.2, 0.25) is 0 Å². The van der Waals surface area contributed by atoms with E-state index >= 15 is 0 Å². The Morgan fingerprint density at radius 1 is 1.22 bits per heavy atom. The van der Waals surface area contributed by atoms with Gasteiger partial charge in [-0.3, -0.25) is 0 Å². The maximum Gasteiger partial charge on any atom is 0.141 e. The van der Waals surface area contributed by atoms with Crippen molar-refractivity contribution in [2.75, 3.05) is 0 Å². The Balaban J connectivity index is 1.95. The predicted octanol–water partition coefficient (Wildman–Crippen LogP) is 2.20. The molecule has 0 amide bonds. The second-order valence-electron chi connectivity index (χ2n) is 4.00. The molecule has 0 saturated carbocycles. The predicted molar refractivity (Wildman–Crippen MR) is 68.4 cm³/mol. The molecule has 0 saturated heterocycles. The Bertz CT molecular complexity index is 528. The van der Waals surface area contributed by atoms with E-state index in [1.807, 2.05) is 24.3 Å². The lowest BCUT2D eigenvalue weighted by Crippen LogP contribution is -2.19. The molecule has 1 aromatic carbocycles. The van der Waals surface area contributed by atoms with Crippen molar-refractivity contribution in [2.45, 2.75) is 19.5 Å². The van der Waals surface area contributed by atoms with Crippen molar-refractivity contribution in [3.8, 4) is 6.07 Å². The van der Waals surface area contributed by atoms with Gasteiger partial charge in [-0.1, -0.05) is 12.1 Å². The monoisotopic (exact) mass is 238 g/mol. The standard InChI is InChI=1S/C14H14N4/c1-11(13-5-3-12(9-15)4-6-13)18-10-14-16-7-2-8-17-14/h2-8,11,18H,10H2,1H3. The lowest BCUT2D eigenvalue weighted by atomic mass is 10.1. The van der Waals surface area contributed by atoms with Crippen molar-refractivity contribution in [1.82, 2.24) is 15.3 Å². The zero-order valence-corrected chi connectivity index (χ0v) is 10.2. The number of hydrogen-bond acceptors (Lipinski definition) is 4. The molecular weight excluding hydrogens is 224 g/mol. The van der Waals surface area contributed by atoms with Gasteiger partial charge in [0.1, 0.15) is 5.82 Å². The Kier molecular flexibility index (Phi) is 4.00. The van der Waals surface area contributed by atoms with Gasteiger partial charge in [-0.25, -0.2) is 9.97 Å². The van der Waals surface area contributed by atoms with Gasteiger partial charge in [-0.15, -0.1) is 0 Å². The Hall–Kier alpha value is -2.25. The molecule has 4 nitrogen and oxygen atoms in total. The third-order valence-corrected chi connectivity index (χ3v) is 2.73. The maximum atomic E-state index is 8.74. The number of rotatable bonds is 4. The molecule has 1 unspecified atom stereocenters. The second kappa shape index (κ2) is 5.89. The van der Waals surface area contributed by atoms with Crippen LogP contribution in [0.3, 0.4) is 0 Å². The molecular formula is C14H14N4. The van der Waals surface area contributed by atoms with Crippen LogP contribution in [0.5, 0.6) is 0 Å². The van der Waals surface area contributed by atoms with Gasteiger partial charge in [0, 0.05) is 18.4 Å². The highest BCUT2D eigenvalue weighted by Gasteiger charge is 2.05. The number of benzene rings is 1. The molecule has 0 aliphatic heterocycles. The minimum absolute atomic E-state index is 0.196. The molecule has 0 radical (unpaired) electrons. The number of nitriles is 1. The van der Waals surface area contributed by atoms with E-state index in [2.05, 4.69) is 28.3 Å². The lowest BCUT2D eigenvalue weighted by Gasteiger charge is -2.13. The van der Waals surface area contributed by atoms with E-state index in [-0.39, 0.29) is 6.04 Å². The SMILES string of the molecule is CC(NCc1ncccn1)c1ccc(C#N)cc1. The third-order valence-electron chi connectivity index (χ3n) is 2.73. The molecule has 1 atom stereocenters. The van der Waals surface area contributed by atoms with E-state index in [4.69, 9.17) is 5.26 Å². The average molecular weight is 238 g/mol. The number of aromatic nitrogens is 2. The summed E-state index contributed by atoms with van der Waals surface area (Å²) in [5, 5.41) is 12.1. The largest absolute Gasteiger partial charge is 0.303 e. The first kappa shape index (κ1) is 12.2. The normalized spacial score (nSPS) is 11.8. The van der Waals surface area contributed by atoms with Gasteiger partial charge in [0.15, 0.2) is 0 Å². The minimum atomic E-state index is 0.196. The third kappa shape index (κ3) is 3.12. The summed E-state index contributed by atoms with van der Waals surface area (Å²) in [6.45, 7) is 2.70. The molecule has 1 N–H and O–H groups in total. The first-order valence-corrected chi connectivity index (χ1v) is 5.79. The van der Waals surface area contributed by atoms with Crippen molar-refractivity contribution in [1.29, 1.82) is 5.26 Å². The Morgan fingerprint density at radius 3 is 2.50 bits per heavy atom. The van der Waals surface area contributed by atoms with Crippen molar-refractivity contribution < 1.29 is 0 Å². The fourth-order valence-corrected chi connectivity index (χ4v) is 1.63. The number of nitrogens with zero attached hydrogens (tertiary/aromatic N) is 3. The van der Waals surface area contributed by atoms with Gasteiger partial charge in [-0.2, -0.15) is 5.26 Å². The van der Waals surface area contributed by atoms with Crippen LogP contribution in [0, 0.1) is 11.3 Å². The molecule has 4 heteroatoms. The van der Waals surface area contributed by atoms with Crippen molar-refractivity contribution in [3.05, 3.63) is 59.7 Å². The molecule has 0 fully saturated rings. The number of hydrogen-bond donors (Lipinski definition) is 1. The molecule has 18 heavy (non-hydrogen) atoms. The van der Waals surface area contributed by atoms with Crippen molar-refractivity contribution >= 4 is 0 Å². The molecule has 0 aliphatic rings. The smallest absolute Gasteiger partial charge is 0.141 e. The van der Waals surface area contributed by atoms with Crippen LogP contribution in [0.2, 0.25) is 0 Å². The van der Waals surface area contributed by atoms with Crippen molar-refractivity contribution in [2.24, 2.45) is 0 Å². The Labute approximate surface area is 106 Å². The summed E-state index contributed by atoms with van der Waals surface area (Å²) < 4.78 is 0. The zero-order chi connectivity index (χ0) is 12.8. The van der Waals surface area contributed by atoms with Crippen molar-refractivity contribution in [3.63, 3.8) is 0 Å². The van der Waals surface area contributed by atoms with Crippen LogP contribution in [-0.4, -0.2) is 9.97 Å². The summed E-state index contributed by atoms with van der Waals surface area (Å²) in [6, 6.07) is 11.7. The highest BCUT2D eigenvalue weighted by molar-refractivity contribution is 5.32. The van der Waals surface area contributed by atoms with Gasteiger partial charge in [0.25, 0.3) is 0 Å². The highest BCUT2D eigenvalue weighted by Crippen LogP contribution is 2.13. The van der Waals surface area contributed by atoms with Crippen LogP contribution in [0.4, 0.5) is 0 Å². The van der Waals surface area contributed by atoms with E-state index in [9.17, 15) is 0 Å². The molecule has 0 aliphatic carbocycles. The second-order valence-corrected chi connectivity index (χ2v) is 4.00. The fraction of sp³-hybridized carbons (Fsp3) is 0.214. The molecule has 1 aromatic heterocycles. The maximum absolute atomic E-state index is 8.74. The quantitative estimate of drug-likeness (QED) is 0.887. The molecule has 2 rings (SSSR count). The minimum Gasteiger partial charge on any atom is -0.303 e. The molecule has 90 valence electrons. The first-order valence-electron chi connectivity index (χ1n) is 5.79. The topological polar surface area (TPSA) is 61.6 Å². The van der Waals surface area contributed by atoms with Gasteiger partial charge >= 0.3 is 0 Å². The van der Waals surface area contributed by atoms with Crippen LogP contribution < -0.4 is 5.32 Å². The van der Waals surface area contributed by atoms with E-state index in [1.54, 1.807) is 18.5 Å². The number of nitrogens with one attached hydrogen (secondary N) is 1. The van der Waals surface area contributed by atoms with E-state index < -0.39 is 0 Å². The van der Waals surface area contributed by atoms with E-state index in [0.717, 1.165) is 11.4 Å². The zero-order valence-electron chi connectivity index (χ0n) is 10.2. The van der Waals surface area contributed by atoms with Gasteiger partial charge < -0.3 is 5.32 Å². The summed E-state index contributed by atoms with van der Waals surface area (Å²) in [7, 11) is 0. The van der Waals surface area contributed by atoms with Gasteiger partial charge in [0.05, 0.1) is 18.2 Å². The summed E-state index contributed by atoms with van der Waals surface area (Å²) in [5.41, 5.74) is 1.82. The first-order chi connectivity index (χ1) is 8.79. The fourth-order valence-electron chi connectivity index (χ4n) is 1.63. The van der Waals surface area contributed by atoms with Crippen LogP contribution in [-0.2, 0) is 6.54 Å². The summed E-state index contributed by atoms with van der Waals surface area (Å²) in [5.74, 6) is 0.776. The van der Waals surface area contributed by atoms with Crippen LogP contribution >= 0.6 is 0 Å². The van der Waals surface area contributed by atoms with Crippen LogP contribution in [0.25, 0.3) is 0 Å². The van der Waals surface area contributed by atoms with Crippen LogP contribution in [0.1, 0.15) is 29.9 Å². The van der Waals surface area contributed by atoms with E-state index in [1.165, 1.54) is 0 Å². The van der Waals surface area contributed by atoms with Gasteiger partial charge in [-0.05, 0) is 30.7 Å². The summed E-state index contributed by atoms with van der Waals surface area (Å²) in [6.07, 6.45) is 3.47. The van der Waals surface area contributed by atoms with Crippen LogP contribution in [0.15, 0.2) is 42.7 Å². The highest BCUT2D eigenvalue weighted by atomic mass is 15.0. The van der Waals surface area contributed by atoms with E-state index in [0.29, 0.717) is 12.1 Å².